The molecule has 3 rings (SSSR count). The first-order valence-electron chi connectivity index (χ1n) is 7.83. The lowest BCUT2D eigenvalue weighted by atomic mass is 9.88. The van der Waals surface area contributed by atoms with Crippen LogP contribution in [0.25, 0.3) is 0 Å². The van der Waals surface area contributed by atoms with Crippen molar-refractivity contribution in [3.8, 4) is 0 Å². The van der Waals surface area contributed by atoms with Gasteiger partial charge in [-0.25, -0.2) is 0 Å². The number of nitrogens with one attached hydrogen (secondary N) is 1. The third-order valence-electron chi connectivity index (χ3n) is 4.90. The molecular formula is C15H27N3O. The summed E-state index contributed by atoms with van der Waals surface area (Å²) in [6, 6.07) is 0.703. The van der Waals surface area contributed by atoms with Crippen LogP contribution in [-0.4, -0.2) is 60.0 Å². The van der Waals surface area contributed by atoms with E-state index in [1.165, 1.54) is 12.8 Å². The average molecular weight is 265 g/mol. The van der Waals surface area contributed by atoms with Crippen LogP contribution in [0, 0.1) is 5.92 Å². The molecular weight excluding hydrogens is 238 g/mol. The van der Waals surface area contributed by atoms with Gasteiger partial charge < -0.3 is 10.2 Å². The molecule has 0 bridgehead atoms. The highest BCUT2D eigenvalue weighted by atomic mass is 16.2. The first kappa shape index (κ1) is 13.4. The molecule has 3 aliphatic rings. The molecule has 0 aromatic rings. The predicted octanol–water partition coefficient (Wildman–Crippen LogP) is 1.07. The van der Waals surface area contributed by atoms with E-state index in [9.17, 15) is 4.79 Å². The van der Waals surface area contributed by atoms with Gasteiger partial charge in [0.1, 0.15) is 0 Å². The second kappa shape index (κ2) is 5.06. The summed E-state index contributed by atoms with van der Waals surface area (Å²) in [4.78, 5) is 16.8. The van der Waals surface area contributed by atoms with Gasteiger partial charge in [-0.1, -0.05) is 0 Å². The summed E-state index contributed by atoms with van der Waals surface area (Å²) in [5.41, 5.74) is 0.268. The fraction of sp³-hybridized carbons (Fsp3) is 0.933. The first-order chi connectivity index (χ1) is 9.05. The molecule has 1 aliphatic carbocycles. The van der Waals surface area contributed by atoms with Crippen molar-refractivity contribution in [2.24, 2.45) is 5.92 Å². The van der Waals surface area contributed by atoms with Crippen molar-refractivity contribution in [3.05, 3.63) is 0 Å². The van der Waals surface area contributed by atoms with E-state index >= 15 is 0 Å². The fourth-order valence-electron chi connectivity index (χ4n) is 3.55. The van der Waals surface area contributed by atoms with E-state index in [2.05, 4.69) is 29.0 Å². The lowest BCUT2D eigenvalue weighted by Gasteiger charge is -2.45. The first-order valence-corrected chi connectivity index (χ1v) is 7.83. The van der Waals surface area contributed by atoms with Crippen molar-refractivity contribution in [1.29, 1.82) is 0 Å². The minimum atomic E-state index is 0.268. The molecule has 0 spiro atoms. The van der Waals surface area contributed by atoms with Crippen LogP contribution in [0.3, 0.4) is 0 Å². The Balaban J connectivity index is 1.50. The molecule has 0 aromatic heterocycles. The third-order valence-corrected chi connectivity index (χ3v) is 4.90. The van der Waals surface area contributed by atoms with E-state index in [4.69, 9.17) is 0 Å². The maximum Gasteiger partial charge on any atom is 0.225 e. The second-order valence-electron chi connectivity index (χ2n) is 7.09. The Morgan fingerprint density at radius 1 is 1.11 bits per heavy atom. The number of hydrogen-bond donors (Lipinski definition) is 1. The topological polar surface area (TPSA) is 35.6 Å². The monoisotopic (exact) mass is 265 g/mol. The Labute approximate surface area is 116 Å². The maximum atomic E-state index is 12.0. The molecule has 108 valence electrons. The lowest BCUT2D eigenvalue weighted by Crippen LogP contribution is -2.58. The predicted molar refractivity (Wildman–Crippen MR) is 76.0 cm³/mol. The van der Waals surface area contributed by atoms with Crippen LogP contribution in [0.1, 0.15) is 39.5 Å². The summed E-state index contributed by atoms with van der Waals surface area (Å²) in [5, 5.41) is 3.59. The lowest BCUT2D eigenvalue weighted by molar-refractivity contribution is -0.134. The molecule has 1 saturated carbocycles. The van der Waals surface area contributed by atoms with Crippen molar-refractivity contribution >= 4 is 5.91 Å². The smallest absolute Gasteiger partial charge is 0.225 e. The van der Waals surface area contributed by atoms with Gasteiger partial charge in [0, 0.05) is 43.7 Å². The number of amides is 1. The molecule has 3 fully saturated rings. The Morgan fingerprint density at radius 3 is 2.37 bits per heavy atom. The van der Waals surface area contributed by atoms with Gasteiger partial charge in [-0.05, 0) is 46.1 Å². The van der Waals surface area contributed by atoms with E-state index in [1.54, 1.807) is 0 Å². The Bertz CT molecular complexity index is 343. The van der Waals surface area contributed by atoms with Crippen LogP contribution in [0.4, 0.5) is 0 Å². The van der Waals surface area contributed by atoms with Crippen molar-refractivity contribution in [2.75, 3.05) is 32.7 Å². The number of piperazine rings is 1. The number of hydrogen-bond acceptors (Lipinski definition) is 3. The van der Waals surface area contributed by atoms with Gasteiger partial charge in [0.05, 0.1) is 0 Å². The zero-order valence-electron chi connectivity index (χ0n) is 12.3. The van der Waals surface area contributed by atoms with Gasteiger partial charge in [0.25, 0.3) is 0 Å². The van der Waals surface area contributed by atoms with Crippen LogP contribution in [0.2, 0.25) is 0 Å². The number of carbonyl (C=O) groups excluding carboxylic acids is 1. The zero-order chi connectivity index (χ0) is 13.5. The van der Waals surface area contributed by atoms with Crippen molar-refractivity contribution in [2.45, 2.75) is 51.1 Å². The molecule has 1 unspecified atom stereocenters. The van der Waals surface area contributed by atoms with Crippen LogP contribution >= 0.6 is 0 Å². The molecule has 19 heavy (non-hydrogen) atoms. The Hall–Kier alpha value is -0.610. The highest BCUT2D eigenvalue weighted by molar-refractivity contribution is 5.81. The quantitative estimate of drug-likeness (QED) is 0.811. The van der Waals surface area contributed by atoms with E-state index < -0.39 is 0 Å². The van der Waals surface area contributed by atoms with E-state index in [0.29, 0.717) is 17.9 Å². The van der Waals surface area contributed by atoms with Gasteiger partial charge >= 0.3 is 0 Å². The molecule has 4 heteroatoms. The summed E-state index contributed by atoms with van der Waals surface area (Å²) in [7, 11) is 0. The van der Waals surface area contributed by atoms with Gasteiger partial charge in [-0.2, -0.15) is 0 Å². The third kappa shape index (κ3) is 3.11. The number of carbonyl (C=O) groups is 1. The number of piperidine rings is 1. The van der Waals surface area contributed by atoms with E-state index in [1.807, 2.05) is 0 Å². The fourth-order valence-corrected chi connectivity index (χ4v) is 3.55. The number of rotatable bonds is 2. The maximum absolute atomic E-state index is 12.0. The summed E-state index contributed by atoms with van der Waals surface area (Å²) >= 11 is 0. The Morgan fingerprint density at radius 2 is 1.79 bits per heavy atom. The molecule has 2 aliphatic heterocycles. The minimum Gasteiger partial charge on any atom is -0.340 e. The molecule has 1 N–H and O–H groups in total. The molecule has 0 aromatic carbocycles. The van der Waals surface area contributed by atoms with Gasteiger partial charge in [0.2, 0.25) is 5.91 Å². The largest absolute Gasteiger partial charge is 0.340 e. The second-order valence-corrected chi connectivity index (χ2v) is 7.09. The molecule has 2 saturated heterocycles. The van der Waals surface area contributed by atoms with Crippen LogP contribution in [0.5, 0.6) is 0 Å². The van der Waals surface area contributed by atoms with Gasteiger partial charge in [-0.15, -0.1) is 0 Å². The average Bonchev–Trinajstić information content (AvgIpc) is 3.21. The van der Waals surface area contributed by atoms with Gasteiger partial charge in [-0.3, -0.25) is 9.69 Å². The summed E-state index contributed by atoms with van der Waals surface area (Å²) < 4.78 is 0. The summed E-state index contributed by atoms with van der Waals surface area (Å²) in [6.07, 6.45) is 4.73. The SMILES string of the molecule is CC1(C)CC(N2CCN(C(=O)C3CC3)CC2)CCN1. The Kier molecular flexibility index (Phi) is 3.56. The zero-order valence-corrected chi connectivity index (χ0v) is 12.3. The molecule has 4 nitrogen and oxygen atoms in total. The summed E-state index contributed by atoms with van der Waals surface area (Å²) in [5.74, 6) is 0.801. The van der Waals surface area contributed by atoms with Crippen molar-refractivity contribution < 1.29 is 4.79 Å². The van der Waals surface area contributed by atoms with E-state index in [-0.39, 0.29) is 5.54 Å². The van der Waals surface area contributed by atoms with Crippen molar-refractivity contribution in [1.82, 2.24) is 15.1 Å². The highest BCUT2D eigenvalue weighted by Gasteiger charge is 2.37. The molecule has 1 amide bonds. The highest BCUT2D eigenvalue weighted by Crippen LogP contribution is 2.31. The van der Waals surface area contributed by atoms with Gasteiger partial charge in [0.15, 0.2) is 0 Å². The van der Waals surface area contributed by atoms with Crippen LogP contribution < -0.4 is 5.32 Å². The summed E-state index contributed by atoms with van der Waals surface area (Å²) in [6.45, 7) is 9.74. The normalized spacial score (nSPS) is 32.3. The standard InChI is InChI=1S/C15H27N3O/c1-15(2)11-13(5-6-16-15)17-7-9-18(10-8-17)14(19)12-3-4-12/h12-13,16H,3-11H2,1-2H3. The van der Waals surface area contributed by atoms with Crippen LogP contribution in [0.15, 0.2) is 0 Å². The van der Waals surface area contributed by atoms with E-state index in [0.717, 1.165) is 45.6 Å². The molecule has 0 radical (unpaired) electrons. The van der Waals surface area contributed by atoms with Crippen LogP contribution in [-0.2, 0) is 4.79 Å². The van der Waals surface area contributed by atoms with Crippen molar-refractivity contribution in [3.63, 3.8) is 0 Å². The molecule has 1 atom stereocenters. The minimum absolute atomic E-state index is 0.268. The number of nitrogens with zero attached hydrogens (tertiary/aromatic N) is 2. The molecule has 2 heterocycles.